The lowest BCUT2D eigenvalue weighted by atomic mass is 9.89. The van der Waals surface area contributed by atoms with Crippen LogP contribution in [0.1, 0.15) is 25.3 Å². The van der Waals surface area contributed by atoms with Gasteiger partial charge in [-0.2, -0.15) is 0 Å². The van der Waals surface area contributed by atoms with Crippen molar-refractivity contribution < 1.29 is 9.90 Å². The van der Waals surface area contributed by atoms with Gasteiger partial charge in [-0.3, -0.25) is 4.79 Å². The Hall–Kier alpha value is -1.35. The number of amides is 1. The summed E-state index contributed by atoms with van der Waals surface area (Å²) in [6.45, 7) is 1.92. The monoisotopic (exact) mass is 207 g/mol. The second kappa shape index (κ2) is 4.94. The molecule has 0 spiro atoms. The first-order valence-electron chi connectivity index (χ1n) is 5.14. The number of carbonyl (C=O) groups excluding carboxylic acids is 1. The highest BCUT2D eigenvalue weighted by molar-refractivity contribution is 5.83. The van der Waals surface area contributed by atoms with Crippen molar-refractivity contribution >= 4 is 5.91 Å². The summed E-state index contributed by atoms with van der Waals surface area (Å²) in [7, 11) is 0. The van der Waals surface area contributed by atoms with E-state index in [0.717, 1.165) is 12.0 Å². The number of benzene rings is 1. The van der Waals surface area contributed by atoms with Gasteiger partial charge in [-0.15, -0.1) is 0 Å². The van der Waals surface area contributed by atoms with Crippen LogP contribution in [0.4, 0.5) is 0 Å². The average molecular weight is 207 g/mol. The number of carbonyl (C=O) groups is 1. The van der Waals surface area contributed by atoms with E-state index >= 15 is 0 Å². The highest BCUT2D eigenvalue weighted by atomic mass is 16.3. The Morgan fingerprint density at radius 3 is 2.47 bits per heavy atom. The molecule has 1 amide bonds. The van der Waals surface area contributed by atoms with Gasteiger partial charge in [0.05, 0.1) is 0 Å². The molecule has 3 heteroatoms. The van der Waals surface area contributed by atoms with E-state index in [-0.39, 0.29) is 6.42 Å². The normalized spacial score (nSPS) is 14.5. The lowest BCUT2D eigenvalue weighted by Gasteiger charge is -2.24. The Labute approximate surface area is 89.9 Å². The first kappa shape index (κ1) is 11.7. The van der Waals surface area contributed by atoms with Crippen LogP contribution in [0.2, 0.25) is 0 Å². The molecule has 0 aliphatic carbocycles. The Morgan fingerprint density at radius 1 is 1.40 bits per heavy atom. The minimum atomic E-state index is -1.41. The van der Waals surface area contributed by atoms with Gasteiger partial charge in [-0.1, -0.05) is 43.7 Å². The zero-order valence-corrected chi connectivity index (χ0v) is 8.94. The van der Waals surface area contributed by atoms with Crippen LogP contribution in [-0.2, 0) is 11.2 Å². The quantitative estimate of drug-likeness (QED) is 0.763. The van der Waals surface area contributed by atoms with Gasteiger partial charge in [0.1, 0.15) is 5.60 Å². The zero-order valence-electron chi connectivity index (χ0n) is 8.94. The van der Waals surface area contributed by atoms with Crippen LogP contribution in [0, 0.1) is 0 Å². The molecule has 0 fully saturated rings. The van der Waals surface area contributed by atoms with E-state index in [2.05, 4.69) is 0 Å². The Morgan fingerprint density at radius 2 is 2.00 bits per heavy atom. The van der Waals surface area contributed by atoms with Crippen LogP contribution < -0.4 is 5.73 Å². The second-order valence-electron chi connectivity index (χ2n) is 3.81. The predicted molar refractivity (Wildman–Crippen MR) is 59.2 cm³/mol. The molecule has 1 rings (SSSR count). The molecule has 1 atom stereocenters. The summed E-state index contributed by atoms with van der Waals surface area (Å²) in [5.74, 6) is -0.645. The summed E-state index contributed by atoms with van der Waals surface area (Å²) in [5.41, 5.74) is 4.73. The molecule has 1 aromatic carbocycles. The average Bonchev–Trinajstić information content (AvgIpc) is 2.19. The zero-order chi connectivity index (χ0) is 11.3. The lowest BCUT2D eigenvalue weighted by molar-refractivity contribution is -0.136. The third-order valence-electron chi connectivity index (χ3n) is 2.46. The number of aliphatic hydroxyl groups is 1. The van der Waals surface area contributed by atoms with Crippen LogP contribution in [0.3, 0.4) is 0 Å². The minimum Gasteiger partial charge on any atom is -0.380 e. The standard InChI is InChI=1S/C12H17NO2/c1-2-8-12(15,11(13)14)9-10-6-4-3-5-7-10/h3-7,15H,2,8-9H2,1H3,(H2,13,14)/t12-/m0/s1. The van der Waals surface area contributed by atoms with Gasteiger partial charge >= 0.3 is 0 Å². The van der Waals surface area contributed by atoms with Crippen LogP contribution in [-0.4, -0.2) is 16.6 Å². The summed E-state index contributed by atoms with van der Waals surface area (Å²) in [6, 6.07) is 9.41. The summed E-state index contributed by atoms with van der Waals surface area (Å²) >= 11 is 0. The molecule has 0 bridgehead atoms. The summed E-state index contributed by atoms with van der Waals surface area (Å²) in [4.78, 5) is 11.2. The van der Waals surface area contributed by atoms with Gasteiger partial charge in [-0.25, -0.2) is 0 Å². The fraction of sp³-hybridized carbons (Fsp3) is 0.417. The van der Waals surface area contributed by atoms with Crippen molar-refractivity contribution in [3.63, 3.8) is 0 Å². The predicted octanol–water partition coefficient (Wildman–Crippen LogP) is 1.25. The molecule has 0 heterocycles. The van der Waals surface area contributed by atoms with E-state index in [1.165, 1.54) is 0 Å². The molecule has 0 radical (unpaired) electrons. The van der Waals surface area contributed by atoms with Crippen molar-refractivity contribution in [1.29, 1.82) is 0 Å². The van der Waals surface area contributed by atoms with Gasteiger partial charge in [0.2, 0.25) is 5.91 Å². The molecule has 82 valence electrons. The molecule has 15 heavy (non-hydrogen) atoms. The fourth-order valence-corrected chi connectivity index (χ4v) is 1.65. The second-order valence-corrected chi connectivity index (χ2v) is 3.81. The maximum atomic E-state index is 11.2. The minimum absolute atomic E-state index is 0.289. The van der Waals surface area contributed by atoms with E-state index in [0.29, 0.717) is 6.42 Å². The topological polar surface area (TPSA) is 63.3 Å². The Kier molecular flexibility index (Phi) is 3.86. The first-order valence-corrected chi connectivity index (χ1v) is 5.14. The number of rotatable bonds is 5. The highest BCUT2D eigenvalue weighted by Crippen LogP contribution is 2.18. The van der Waals surface area contributed by atoms with Crippen LogP contribution in [0.25, 0.3) is 0 Å². The van der Waals surface area contributed by atoms with E-state index in [1.54, 1.807) is 0 Å². The molecule has 1 aromatic rings. The van der Waals surface area contributed by atoms with E-state index in [1.807, 2.05) is 37.3 Å². The van der Waals surface area contributed by atoms with Crippen molar-refractivity contribution in [1.82, 2.24) is 0 Å². The molecule has 0 saturated carbocycles. The van der Waals surface area contributed by atoms with Crippen LogP contribution in [0.15, 0.2) is 30.3 Å². The molecule has 3 N–H and O–H groups in total. The van der Waals surface area contributed by atoms with Crippen molar-refractivity contribution in [3.8, 4) is 0 Å². The molecule has 0 saturated heterocycles. The summed E-state index contributed by atoms with van der Waals surface area (Å²) in [6.07, 6.45) is 1.42. The van der Waals surface area contributed by atoms with Crippen molar-refractivity contribution in [3.05, 3.63) is 35.9 Å². The van der Waals surface area contributed by atoms with E-state index in [9.17, 15) is 9.90 Å². The number of primary amides is 1. The SMILES string of the molecule is CCC[C@](O)(Cc1ccccc1)C(N)=O. The summed E-state index contributed by atoms with van der Waals surface area (Å²) in [5, 5.41) is 10.1. The molecular formula is C12H17NO2. The smallest absolute Gasteiger partial charge is 0.249 e. The van der Waals surface area contributed by atoms with Crippen LogP contribution in [0.5, 0.6) is 0 Å². The highest BCUT2D eigenvalue weighted by Gasteiger charge is 2.32. The van der Waals surface area contributed by atoms with Gasteiger partial charge in [-0.05, 0) is 12.0 Å². The van der Waals surface area contributed by atoms with Gasteiger partial charge in [0, 0.05) is 6.42 Å². The third kappa shape index (κ3) is 3.06. The van der Waals surface area contributed by atoms with Gasteiger partial charge < -0.3 is 10.8 Å². The maximum absolute atomic E-state index is 11.2. The van der Waals surface area contributed by atoms with E-state index < -0.39 is 11.5 Å². The summed E-state index contributed by atoms with van der Waals surface area (Å²) < 4.78 is 0. The van der Waals surface area contributed by atoms with Crippen LogP contribution >= 0.6 is 0 Å². The largest absolute Gasteiger partial charge is 0.380 e. The first-order chi connectivity index (χ1) is 7.08. The van der Waals surface area contributed by atoms with Gasteiger partial charge in [0.15, 0.2) is 0 Å². The van der Waals surface area contributed by atoms with Crippen molar-refractivity contribution in [2.24, 2.45) is 5.73 Å². The molecule has 0 aliphatic rings. The van der Waals surface area contributed by atoms with E-state index in [4.69, 9.17) is 5.73 Å². The van der Waals surface area contributed by atoms with Crippen molar-refractivity contribution in [2.45, 2.75) is 31.8 Å². The maximum Gasteiger partial charge on any atom is 0.249 e. The number of nitrogens with two attached hydrogens (primary N) is 1. The Bertz CT molecular complexity index is 324. The van der Waals surface area contributed by atoms with Gasteiger partial charge in [0.25, 0.3) is 0 Å². The Balaban J connectivity index is 2.80. The molecule has 0 aromatic heterocycles. The molecule has 0 unspecified atom stereocenters. The fourth-order valence-electron chi connectivity index (χ4n) is 1.65. The number of hydrogen-bond donors (Lipinski definition) is 2. The number of hydrogen-bond acceptors (Lipinski definition) is 2. The van der Waals surface area contributed by atoms with Crippen molar-refractivity contribution in [2.75, 3.05) is 0 Å². The lowest BCUT2D eigenvalue weighted by Crippen LogP contribution is -2.45. The molecule has 3 nitrogen and oxygen atoms in total. The third-order valence-corrected chi connectivity index (χ3v) is 2.46. The molecule has 0 aliphatic heterocycles. The molecular weight excluding hydrogens is 190 g/mol.